The van der Waals surface area contributed by atoms with Crippen LogP contribution in [0.15, 0.2) is 76.2 Å². The SMILES string of the molecule is CCCCCCN1/C(=C2/C(=O)c3ccccc3C2O)Sc2c1ccc1ccccc21. The molecular weight excluding hydrogens is 390 g/mol. The number of fused-ring (bicyclic) bond motifs is 4. The quantitative estimate of drug-likeness (QED) is 0.383. The molecule has 152 valence electrons. The van der Waals surface area contributed by atoms with E-state index in [1.165, 1.54) is 34.9 Å². The first-order valence-electron chi connectivity index (χ1n) is 10.7. The standard InChI is InChI=1S/C26H25NO2S/c1-2-3-4-9-16-27-21-15-14-17-10-5-6-11-18(17)25(21)30-26(27)22-23(28)19-12-7-8-13-20(19)24(22)29/h5-8,10-15,23,28H,2-4,9,16H2,1H3/b26-22-. The molecule has 0 bridgehead atoms. The topological polar surface area (TPSA) is 40.5 Å². The monoisotopic (exact) mass is 415 g/mol. The number of carbonyl (C=O) groups is 1. The number of Topliss-reactive ketones (excluding diaryl/α,β-unsaturated/α-hetero) is 1. The molecule has 1 N–H and O–H groups in total. The van der Waals surface area contributed by atoms with Crippen LogP contribution >= 0.6 is 11.8 Å². The Labute approximate surface area is 181 Å². The molecule has 1 heterocycles. The van der Waals surface area contributed by atoms with Crippen molar-refractivity contribution in [1.29, 1.82) is 0 Å². The highest BCUT2D eigenvalue weighted by molar-refractivity contribution is 8.04. The van der Waals surface area contributed by atoms with Crippen molar-refractivity contribution < 1.29 is 9.90 Å². The van der Waals surface area contributed by atoms with Gasteiger partial charge in [0.15, 0.2) is 5.78 Å². The maximum absolute atomic E-state index is 13.3. The second-order valence-corrected chi connectivity index (χ2v) is 8.99. The number of anilines is 1. The van der Waals surface area contributed by atoms with E-state index in [4.69, 9.17) is 0 Å². The summed E-state index contributed by atoms with van der Waals surface area (Å²) < 4.78 is 0. The van der Waals surface area contributed by atoms with Crippen LogP contribution in [0, 0.1) is 0 Å². The normalized spacial score (nSPS) is 20.1. The summed E-state index contributed by atoms with van der Waals surface area (Å²) in [5, 5.41) is 14.4. The highest BCUT2D eigenvalue weighted by Crippen LogP contribution is 2.53. The third kappa shape index (κ3) is 3.06. The Bertz CT molecular complexity index is 1170. The molecule has 0 aromatic heterocycles. The van der Waals surface area contributed by atoms with Gasteiger partial charge in [-0.25, -0.2) is 0 Å². The third-order valence-corrected chi connectivity index (χ3v) is 7.34. The minimum Gasteiger partial charge on any atom is -0.383 e. The number of hydrogen-bond acceptors (Lipinski definition) is 4. The van der Waals surface area contributed by atoms with Crippen molar-refractivity contribution in [3.63, 3.8) is 0 Å². The van der Waals surface area contributed by atoms with Crippen LogP contribution in [-0.2, 0) is 0 Å². The van der Waals surface area contributed by atoms with Crippen molar-refractivity contribution in [1.82, 2.24) is 0 Å². The predicted octanol–water partition coefficient (Wildman–Crippen LogP) is 6.47. The van der Waals surface area contributed by atoms with E-state index in [1.807, 2.05) is 24.3 Å². The summed E-state index contributed by atoms with van der Waals surface area (Å²) in [4.78, 5) is 16.7. The molecule has 0 radical (unpaired) electrons. The molecule has 0 fully saturated rings. The highest BCUT2D eigenvalue weighted by atomic mass is 32.2. The van der Waals surface area contributed by atoms with Crippen LogP contribution in [0.1, 0.15) is 54.6 Å². The summed E-state index contributed by atoms with van der Waals surface area (Å²) >= 11 is 1.64. The first kappa shape index (κ1) is 19.4. The number of aliphatic hydroxyl groups excluding tert-OH is 1. The number of unbranched alkanes of at least 4 members (excludes halogenated alkanes) is 3. The smallest absolute Gasteiger partial charge is 0.195 e. The zero-order chi connectivity index (χ0) is 20.7. The molecule has 1 aliphatic heterocycles. The van der Waals surface area contributed by atoms with E-state index in [2.05, 4.69) is 48.2 Å². The van der Waals surface area contributed by atoms with E-state index in [-0.39, 0.29) is 5.78 Å². The molecule has 30 heavy (non-hydrogen) atoms. The Balaban J connectivity index is 1.62. The van der Waals surface area contributed by atoms with Gasteiger partial charge in [-0.05, 0) is 28.8 Å². The van der Waals surface area contributed by atoms with Gasteiger partial charge in [0.2, 0.25) is 0 Å². The lowest BCUT2D eigenvalue weighted by Gasteiger charge is -2.23. The number of benzene rings is 3. The minimum absolute atomic E-state index is 0.0451. The molecule has 3 nitrogen and oxygen atoms in total. The molecule has 0 amide bonds. The number of ketones is 1. The van der Waals surface area contributed by atoms with Gasteiger partial charge in [-0.1, -0.05) is 92.5 Å². The van der Waals surface area contributed by atoms with E-state index >= 15 is 0 Å². The summed E-state index contributed by atoms with van der Waals surface area (Å²) in [7, 11) is 0. The Morgan fingerprint density at radius 3 is 2.60 bits per heavy atom. The predicted molar refractivity (Wildman–Crippen MR) is 124 cm³/mol. The van der Waals surface area contributed by atoms with Gasteiger partial charge in [-0.15, -0.1) is 0 Å². The molecule has 2 aliphatic rings. The lowest BCUT2D eigenvalue weighted by molar-refractivity contribution is 0.101. The summed E-state index contributed by atoms with van der Waals surface area (Å²) in [6.07, 6.45) is 3.77. The molecule has 1 aliphatic carbocycles. The zero-order valence-corrected chi connectivity index (χ0v) is 17.9. The van der Waals surface area contributed by atoms with E-state index in [1.54, 1.807) is 11.8 Å². The third-order valence-electron chi connectivity index (χ3n) is 6.08. The van der Waals surface area contributed by atoms with Crippen LogP contribution in [0.3, 0.4) is 0 Å². The average molecular weight is 416 g/mol. The van der Waals surface area contributed by atoms with Crippen LogP contribution in [0.25, 0.3) is 10.8 Å². The maximum atomic E-state index is 13.3. The minimum atomic E-state index is -0.866. The van der Waals surface area contributed by atoms with Crippen LogP contribution < -0.4 is 4.90 Å². The van der Waals surface area contributed by atoms with Gasteiger partial charge < -0.3 is 10.0 Å². The van der Waals surface area contributed by atoms with E-state index < -0.39 is 6.10 Å². The fourth-order valence-corrected chi connectivity index (χ4v) is 5.90. The van der Waals surface area contributed by atoms with Crippen molar-refractivity contribution >= 4 is 34.0 Å². The second kappa shape index (κ2) is 7.93. The molecule has 5 rings (SSSR count). The van der Waals surface area contributed by atoms with Gasteiger partial charge in [0, 0.05) is 17.0 Å². The Hall–Kier alpha value is -2.56. The van der Waals surface area contributed by atoms with Crippen molar-refractivity contribution in [3.05, 3.63) is 82.4 Å². The van der Waals surface area contributed by atoms with Crippen molar-refractivity contribution in [3.8, 4) is 0 Å². The lowest BCUT2D eigenvalue weighted by Crippen LogP contribution is -2.22. The van der Waals surface area contributed by atoms with Gasteiger partial charge in [0.05, 0.1) is 16.3 Å². The van der Waals surface area contributed by atoms with Crippen LogP contribution in [0.5, 0.6) is 0 Å². The van der Waals surface area contributed by atoms with Gasteiger partial charge in [0.1, 0.15) is 6.10 Å². The number of hydrogen-bond donors (Lipinski definition) is 1. The number of thioether (sulfide) groups is 1. The van der Waals surface area contributed by atoms with E-state index in [0.717, 1.165) is 29.2 Å². The van der Waals surface area contributed by atoms with Gasteiger partial charge in [-0.2, -0.15) is 0 Å². The largest absolute Gasteiger partial charge is 0.383 e. The highest BCUT2D eigenvalue weighted by Gasteiger charge is 2.40. The molecule has 3 aromatic rings. The van der Waals surface area contributed by atoms with Gasteiger partial charge in [0.25, 0.3) is 0 Å². The summed E-state index contributed by atoms with van der Waals surface area (Å²) in [6.45, 7) is 3.07. The Morgan fingerprint density at radius 2 is 1.77 bits per heavy atom. The lowest BCUT2D eigenvalue weighted by atomic mass is 10.1. The molecule has 3 aromatic carbocycles. The average Bonchev–Trinajstić information content (AvgIpc) is 3.26. The summed E-state index contributed by atoms with van der Waals surface area (Å²) in [6, 6.07) is 20.1. The fourth-order valence-electron chi connectivity index (χ4n) is 4.51. The van der Waals surface area contributed by atoms with Gasteiger partial charge >= 0.3 is 0 Å². The molecule has 1 atom stereocenters. The zero-order valence-electron chi connectivity index (χ0n) is 17.1. The van der Waals surface area contributed by atoms with E-state index in [9.17, 15) is 9.90 Å². The van der Waals surface area contributed by atoms with Crippen LogP contribution in [0.4, 0.5) is 5.69 Å². The van der Waals surface area contributed by atoms with Crippen LogP contribution in [-0.4, -0.2) is 17.4 Å². The molecule has 0 spiro atoms. The second-order valence-electron chi connectivity index (χ2n) is 7.99. The summed E-state index contributed by atoms with van der Waals surface area (Å²) in [5.41, 5.74) is 3.02. The van der Waals surface area contributed by atoms with E-state index in [0.29, 0.717) is 11.1 Å². The van der Waals surface area contributed by atoms with Crippen molar-refractivity contribution in [2.24, 2.45) is 0 Å². The van der Waals surface area contributed by atoms with Crippen LogP contribution in [0.2, 0.25) is 0 Å². The Morgan fingerprint density at radius 1 is 0.967 bits per heavy atom. The first-order valence-corrected chi connectivity index (χ1v) is 11.6. The summed E-state index contributed by atoms with van der Waals surface area (Å²) in [5.74, 6) is -0.0451. The van der Waals surface area contributed by atoms with Gasteiger partial charge in [-0.3, -0.25) is 4.79 Å². The van der Waals surface area contributed by atoms with Crippen molar-refractivity contribution in [2.45, 2.75) is 43.6 Å². The number of carbonyl (C=O) groups excluding carboxylic acids is 1. The number of aliphatic hydroxyl groups is 1. The van der Waals surface area contributed by atoms with Crippen molar-refractivity contribution in [2.75, 3.05) is 11.4 Å². The number of nitrogens with zero attached hydrogens (tertiary/aromatic N) is 1. The molecule has 1 unspecified atom stereocenters. The first-order chi connectivity index (χ1) is 14.7. The fraction of sp³-hybridized carbons (Fsp3) is 0.269. The maximum Gasteiger partial charge on any atom is 0.195 e. The molecule has 4 heteroatoms. The molecule has 0 saturated heterocycles. The molecule has 0 saturated carbocycles. The number of rotatable bonds is 5. The Kier molecular flexibility index (Phi) is 5.13. The molecular formula is C26H25NO2S.